The first-order valence-corrected chi connectivity index (χ1v) is 2.26. The molecule has 0 saturated heterocycles. The van der Waals surface area contributed by atoms with E-state index >= 15 is 0 Å². The van der Waals surface area contributed by atoms with Crippen LogP contribution in [0.1, 0.15) is 0 Å². The van der Waals surface area contributed by atoms with E-state index in [-0.39, 0.29) is 107 Å². The molecule has 0 heterocycles. The van der Waals surface area contributed by atoms with Crippen LogP contribution in [0.2, 0.25) is 0 Å². The van der Waals surface area contributed by atoms with Gasteiger partial charge in [-0.05, 0) is 0 Å². The topological polar surface area (TPSA) is 118 Å². The zero-order chi connectivity index (χ0) is 8.31. The number of carboxylic acids is 2. The third-order valence-electron chi connectivity index (χ3n) is 0.794. The molecule has 0 rings (SSSR count). The second-order valence-electron chi connectivity index (χ2n) is 1.55. The van der Waals surface area contributed by atoms with Crippen molar-refractivity contribution in [2.45, 2.75) is 12.2 Å². The summed E-state index contributed by atoms with van der Waals surface area (Å²) >= 11 is 0. The van der Waals surface area contributed by atoms with Crippen LogP contribution in [0.5, 0.6) is 0 Å². The van der Waals surface area contributed by atoms with Crippen LogP contribution in [0.15, 0.2) is 0 Å². The Morgan fingerprint density at radius 2 is 1.38 bits per heavy atom. The van der Waals surface area contributed by atoms with E-state index in [0.717, 1.165) is 0 Å². The molecule has 66 valence electrons. The smallest absolute Gasteiger partial charge is 1.00 e. The van der Waals surface area contributed by atoms with Gasteiger partial charge in [0.1, 0.15) is 6.10 Å². The quantitative estimate of drug-likeness (QED) is 0.426. The average Bonchev–Trinajstić information content (AvgIpc) is 1.84. The first-order chi connectivity index (χ1) is 4.46. The third kappa shape index (κ3) is 10.3. The third-order valence-corrected chi connectivity index (χ3v) is 0.794. The Kier molecular flexibility index (Phi) is 22.7. The molecule has 13 heavy (non-hydrogen) atoms. The minimum Gasteiger partial charge on any atom is -1.00 e. The number of aliphatic hydroxyl groups excluding tert-OH is 2. The molecule has 2 atom stereocenters. The van der Waals surface area contributed by atoms with Crippen LogP contribution >= 0.6 is 0 Å². The Bertz CT molecular complexity index is 147. The van der Waals surface area contributed by atoms with E-state index in [0.29, 0.717) is 0 Å². The van der Waals surface area contributed by atoms with E-state index in [2.05, 4.69) is 0 Å². The molecule has 0 radical (unpaired) electrons. The molecule has 0 aliphatic carbocycles. The average molecular weight is 246 g/mol. The Morgan fingerprint density at radius 1 is 1.08 bits per heavy atom. The van der Waals surface area contributed by atoms with Crippen molar-refractivity contribution in [2.24, 2.45) is 0 Å². The summed E-state index contributed by atoms with van der Waals surface area (Å²) in [6.07, 6.45) is -4.71. The van der Waals surface area contributed by atoms with Crippen molar-refractivity contribution in [2.75, 3.05) is 0 Å². The fourth-order valence-corrected chi connectivity index (χ4v) is 0.264. The van der Waals surface area contributed by atoms with Crippen molar-refractivity contribution in [3.63, 3.8) is 0 Å². The molecule has 6 nitrogen and oxygen atoms in total. The van der Waals surface area contributed by atoms with Crippen LogP contribution in [0.3, 0.4) is 0 Å². The number of carboxylic acid groups (broad SMARTS) is 2. The summed E-state index contributed by atoms with van der Waals surface area (Å²) < 4.78 is 0. The molecule has 0 fully saturated rings. The van der Waals surface area contributed by atoms with E-state index in [1.54, 1.807) is 0 Å². The Morgan fingerprint density at radius 3 is 1.46 bits per heavy atom. The van der Waals surface area contributed by atoms with Gasteiger partial charge in [-0.2, -0.15) is 0 Å². The molecular weight excluding hydrogens is 241 g/mol. The number of rotatable bonds is 3. The Hall–Kier alpha value is 2.06. The number of aliphatic carboxylic acids is 2. The number of halogens is 1. The number of carbonyl (C=O) groups excluding carboxylic acids is 1. The summed E-state index contributed by atoms with van der Waals surface area (Å²) in [4.78, 5) is 19.4. The van der Waals surface area contributed by atoms with E-state index < -0.39 is 24.1 Å². The van der Waals surface area contributed by atoms with Crippen LogP contribution in [0, 0.1) is 0 Å². The molecule has 9 heteroatoms. The maximum Gasteiger partial charge on any atom is 1.00 e. The molecule has 0 saturated carbocycles. The SMILES string of the molecule is O=C([O-])C(O)C(O)C(=O)O.[F-].[K+].[K+]. The number of hydrogen-bond donors (Lipinski definition) is 3. The standard InChI is InChI=1S/C4H6O6.FH.2K/c5-1(3(7)8)2(6)4(9)10;;;/h1-2,5-6H,(H,7,8)(H,9,10);1H;;/q;;2*+1/p-2. The minimum atomic E-state index is -2.38. The van der Waals surface area contributed by atoms with Gasteiger partial charge in [0, 0.05) is 0 Å². The maximum atomic E-state index is 9.74. The van der Waals surface area contributed by atoms with Gasteiger partial charge in [0.25, 0.3) is 0 Å². The molecule has 0 spiro atoms. The van der Waals surface area contributed by atoms with Gasteiger partial charge in [0.05, 0.1) is 5.97 Å². The molecule has 0 amide bonds. The largest absolute Gasteiger partial charge is 1.00 e. The molecule has 0 aliphatic heterocycles. The zero-order valence-electron chi connectivity index (χ0n) is 7.10. The van der Waals surface area contributed by atoms with E-state index in [1.807, 2.05) is 0 Å². The second kappa shape index (κ2) is 12.1. The molecule has 0 aromatic carbocycles. The van der Waals surface area contributed by atoms with Crippen molar-refractivity contribution in [3.8, 4) is 0 Å². The van der Waals surface area contributed by atoms with Crippen molar-refractivity contribution >= 4 is 11.9 Å². The summed E-state index contributed by atoms with van der Waals surface area (Å²) in [5, 5.41) is 34.1. The molecular formula is C4H5FK2O6. The summed E-state index contributed by atoms with van der Waals surface area (Å²) in [7, 11) is 0. The van der Waals surface area contributed by atoms with Crippen molar-refractivity contribution in [3.05, 3.63) is 0 Å². The van der Waals surface area contributed by atoms with Gasteiger partial charge in [-0.3, -0.25) is 0 Å². The molecule has 0 aliphatic rings. The molecule has 0 aromatic heterocycles. The van der Waals surface area contributed by atoms with Gasteiger partial charge in [-0.1, -0.05) is 0 Å². The fourth-order valence-electron chi connectivity index (χ4n) is 0.264. The maximum absolute atomic E-state index is 9.74. The van der Waals surface area contributed by atoms with Crippen LogP contribution in [0.4, 0.5) is 0 Å². The van der Waals surface area contributed by atoms with Crippen molar-refractivity contribution in [1.29, 1.82) is 0 Å². The van der Waals surface area contributed by atoms with Gasteiger partial charge in [0.2, 0.25) is 0 Å². The normalized spacial score (nSPS) is 12.2. The van der Waals surface area contributed by atoms with Crippen LogP contribution in [0.25, 0.3) is 0 Å². The number of carbonyl (C=O) groups is 2. The minimum absolute atomic E-state index is 0. The van der Waals surface area contributed by atoms with Gasteiger partial charge < -0.3 is 29.9 Å². The van der Waals surface area contributed by atoms with Crippen molar-refractivity contribution in [1.82, 2.24) is 0 Å². The van der Waals surface area contributed by atoms with Gasteiger partial charge in [-0.25, -0.2) is 4.79 Å². The molecule has 3 N–H and O–H groups in total. The molecule has 0 bridgehead atoms. The first-order valence-electron chi connectivity index (χ1n) is 2.26. The Labute approximate surface area is 158 Å². The summed E-state index contributed by atoms with van der Waals surface area (Å²) in [5.74, 6) is -3.83. The van der Waals surface area contributed by atoms with Gasteiger partial charge in [0.15, 0.2) is 6.10 Å². The van der Waals surface area contributed by atoms with Gasteiger partial charge in [-0.15, -0.1) is 0 Å². The number of hydrogen-bond acceptors (Lipinski definition) is 5. The number of aliphatic hydroxyl groups is 2. The van der Waals surface area contributed by atoms with Gasteiger partial charge >= 0.3 is 109 Å². The predicted octanol–water partition coefficient (Wildman–Crippen LogP) is -12.4. The molecule has 2 unspecified atom stereocenters. The monoisotopic (exact) mass is 246 g/mol. The summed E-state index contributed by atoms with van der Waals surface area (Å²) in [6.45, 7) is 0. The first kappa shape index (κ1) is 24.3. The van der Waals surface area contributed by atoms with E-state index in [4.69, 9.17) is 15.3 Å². The summed E-state index contributed by atoms with van der Waals surface area (Å²) in [5.41, 5.74) is 0. The Balaban J connectivity index is -0.000000135. The van der Waals surface area contributed by atoms with Crippen LogP contribution in [-0.4, -0.2) is 39.5 Å². The van der Waals surface area contributed by atoms with Crippen LogP contribution < -0.4 is 113 Å². The van der Waals surface area contributed by atoms with E-state index in [1.165, 1.54) is 0 Å². The van der Waals surface area contributed by atoms with Crippen LogP contribution in [-0.2, 0) is 9.59 Å². The fraction of sp³-hybridized carbons (Fsp3) is 0.500. The second-order valence-corrected chi connectivity index (χ2v) is 1.55. The zero-order valence-corrected chi connectivity index (χ0v) is 13.3. The predicted molar refractivity (Wildman–Crippen MR) is 24.7 cm³/mol. The molecule has 0 aromatic rings. The summed E-state index contributed by atoms with van der Waals surface area (Å²) in [6, 6.07) is 0. The van der Waals surface area contributed by atoms with E-state index in [9.17, 15) is 14.7 Å². The van der Waals surface area contributed by atoms with Crippen molar-refractivity contribution < 1.29 is 137 Å².